The first-order valence-corrected chi connectivity index (χ1v) is 8.41. The summed E-state index contributed by atoms with van der Waals surface area (Å²) >= 11 is 3.53. The van der Waals surface area contributed by atoms with Crippen molar-refractivity contribution in [1.82, 2.24) is 5.32 Å². The van der Waals surface area contributed by atoms with Crippen LogP contribution in [0.25, 0.3) is 0 Å². The standard InChI is InChI=1S/C16H23BrN2O2/c1-3-4-5-6-7-8-21-14-10-13-11(9-12(14)17)15(18-2)16(20)19-13/h9-10,15,18H,3-8H2,1-2H3,(H,19,20). The number of fused-ring (bicyclic) bond motifs is 1. The first kappa shape index (κ1) is 16.3. The van der Waals surface area contributed by atoms with Gasteiger partial charge in [-0.15, -0.1) is 0 Å². The number of anilines is 1. The van der Waals surface area contributed by atoms with Gasteiger partial charge >= 0.3 is 0 Å². The fourth-order valence-corrected chi connectivity index (χ4v) is 3.02. The highest BCUT2D eigenvalue weighted by atomic mass is 79.9. The Balaban J connectivity index is 1.94. The Bertz CT molecular complexity index is 505. The summed E-state index contributed by atoms with van der Waals surface area (Å²) in [4.78, 5) is 11.8. The maximum absolute atomic E-state index is 11.8. The molecule has 1 amide bonds. The second-order valence-electron chi connectivity index (χ2n) is 5.34. The fourth-order valence-electron chi connectivity index (χ4n) is 2.55. The molecule has 0 saturated heterocycles. The molecular weight excluding hydrogens is 332 g/mol. The average molecular weight is 355 g/mol. The van der Waals surface area contributed by atoms with E-state index in [1.807, 2.05) is 12.1 Å². The van der Waals surface area contributed by atoms with Gasteiger partial charge in [-0.3, -0.25) is 4.79 Å². The summed E-state index contributed by atoms with van der Waals surface area (Å²) in [5.41, 5.74) is 1.80. The Morgan fingerprint density at radius 2 is 2.05 bits per heavy atom. The van der Waals surface area contributed by atoms with Crippen LogP contribution in [-0.2, 0) is 4.79 Å². The molecule has 1 aliphatic rings. The number of rotatable bonds is 8. The number of amides is 1. The second kappa shape index (κ2) is 7.80. The van der Waals surface area contributed by atoms with E-state index in [1.54, 1.807) is 7.05 Å². The van der Waals surface area contributed by atoms with Gasteiger partial charge in [-0.25, -0.2) is 0 Å². The molecule has 5 heteroatoms. The Hall–Kier alpha value is -1.07. The molecule has 0 spiro atoms. The van der Waals surface area contributed by atoms with Crippen molar-refractivity contribution >= 4 is 27.5 Å². The van der Waals surface area contributed by atoms with Crippen molar-refractivity contribution in [2.75, 3.05) is 19.0 Å². The third-order valence-corrected chi connectivity index (χ3v) is 4.35. The highest BCUT2D eigenvalue weighted by molar-refractivity contribution is 9.10. The lowest BCUT2D eigenvalue weighted by atomic mass is 10.1. The second-order valence-corrected chi connectivity index (χ2v) is 6.20. The lowest BCUT2D eigenvalue weighted by Crippen LogP contribution is -2.23. The number of ether oxygens (including phenoxy) is 1. The van der Waals surface area contributed by atoms with E-state index in [1.165, 1.54) is 25.7 Å². The van der Waals surface area contributed by atoms with E-state index < -0.39 is 0 Å². The molecule has 2 rings (SSSR count). The van der Waals surface area contributed by atoms with Crippen LogP contribution in [0.3, 0.4) is 0 Å². The molecule has 1 atom stereocenters. The van der Waals surface area contributed by atoms with Crippen LogP contribution < -0.4 is 15.4 Å². The van der Waals surface area contributed by atoms with Crippen molar-refractivity contribution in [1.29, 1.82) is 0 Å². The number of hydrogen-bond donors (Lipinski definition) is 2. The van der Waals surface area contributed by atoms with E-state index in [0.29, 0.717) is 6.61 Å². The third kappa shape index (κ3) is 3.98. The SMILES string of the molecule is CCCCCCCOc1cc2c(cc1Br)C(NC)C(=O)N2. The lowest BCUT2D eigenvalue weighted by Gasteiger charge is -2.11. The third-order valence-electron chi connectivity index (χ3n) is 3.73. The molecule has 1 heterocycles. The molecule has 21 heavy (non-hydrogen) atoms. The van der Waals surface area contributed by atoms with E-state index in [-0.39, 0.29) is 11.9 Å². The lowest BCUT2D eigenvalue weighted by molar-refractivity contribution is -0.117. The van der Waals surface area contributed by atoms with Crippen LogP contribution in [-0.4, -0.2) is 19.6 Å². The number of nitrogens with one attached hydrogen (secondary N) is 2. The minimum Gasteiger partial charge on any atom is -0.492 e. The number of hydrogen-bond acceptors (Lipinski definition) is 3. The quantitative estimate of drug-likeness (QED) is 0.693. The number of benzene rings is 1. The van der Waals surface area contributed by atoms with E-state index in [9.17, 15) is 4.79 Å². The minimum absolute atomic E-state index is 0.0175. The highest BCUT2D eigenvalue weighted by Gasteiger charge is 2.30. The van der Waals surface area contributed by atoms with E-state index in [2.05, 4.69) is 33.5 Å². The van der Waals surface area contributed by atoms with Gasteiger partial charge in [0.15, 0.2) is 0 Å². The largest absolute Gasteiger partial charge is 0.492 e. The topological polar surface area (TPSA) is 50.4 Å². The zero-order chi connectivity index (χ0) is 15.2. The maximum atomic E-state index is 11.8. The van der Waals surface area contributed by atoms with Crippen molar-refractivity contribution in [2.45, 2.75) is 45.1 Å². The van der Waals surface area contributed by atoms with Crippen LogP contribution in [0.5, 0.6) is 5.75 Å². The molecular formula is C16H23BrN2O2. The summed E-state index contributed by atoms with van der Waals surface area (Å²) in [5, 5.41) is 5.90. The van der Waals surface area contributed by atoms with Crippen LogP contribution in [0, 0.1) is 0 Å². The molecule has 0 bridgehead atoms. The van der Waals surface area contributed by atoms with Crippen molar-refractivity contribution in [3.8, 4) is 5.75 Å². The summed E-state index contributed by atoms with van der Waals surface area (Å²) in [6.07, 6.45) is 6.08. The van der Waals surface area contributed by atoms with Crippen LogP contribution in [0.4, 0.5) is 5.69 Å². The van der Waals surface area contributed by atoms with Gasteiger partial charge in [0, 0.05) is 17.3 Å². The Labute approximate surface area is 134 Å². The van der Waals surface area contributed by atoms with Crippen molar-refractivity contribution in [3.63, 3.8) is 0 Å². The highest BCUT2D eigenvalue weighted by Crippen LogP contribution is 2.38. The average Bonchev–Trinajstić information content (AvgIpc) is 2.77. The molecule has 0 radical (unpaired) electrons. The molecule has 116 valence electrons. The Kier molecular flexibility index (Phi) is 6.06. The van der Waals surface area contributed by atoms with Crippen LogP contribution in [0.2, 0.25) is 0 Å². The van der Waals surface area contributed by atoms with Gasteiger partial charge < -0.3 is 15.4 Å². The van der Waals surface area contributed by atoms with E-state index in [4.69, 9.17) is 4.74 Å². The summed E-state index contributed by atoms with van der Waals surface area (Å²) in [6.45, 7) is 2.93. The van der Waals surface area contributed by atoms with E-state index in [0.717, 1.165) is 27.9 Å². The number of unbranched alkanes of at least 4 members (excludes halogenated alkanes) is 4. The van der Waals surface area contributed by atoms with Crippen molar-refractivity contribution < 1.29 is 9.53 Å². The first-order chi connectivity index (χ1) is 10.2. The molecule has 0 aromatic heterocycles. The summed E-state index contributed by atoms with van der Waals surface area (Å²) < 4.78 is 6.72. The molecule has 1 unspecified atom stereocenters. The monoisotopic (exact) mass is 354 g/mol. The Morgan fingerprint density at radius 1 is 1.29 bits per heavy atom. The smallest absolute Gasteiger partial charge is 0.246 e. The molecule has 1 aromatic carbocycles. The first-order valence-electron chi connectivity index (χ1n) is 7.61. The maximum Gasteiger partial charge on any atom is 0.246 e. The van der Waals surface area contributed by atoms with Crippen molar-refractivity contribution in [3.05, 3.63) is 22.2 Å². The molecule has 1 aliphatic heterocycles. The van der Waals surface area contributed by atoms with E-state index >= 15 is 0 Å². The molecule has 0 aliphatic carbocycles. The Morgan fingerprint density at radius 3 is 2.76 bits per heavy atom. The minimum atomic E-state index is -0.278. The fraction of sp³-hybridized carbons (Fsp3) is 0.562. The molecule has 2 N–H and O–H groups in total. The van der Waals surface area contributed by atoms with Crippen molar-refractivity contribution in [2.24, 2.45) is 0 Å². The predicted molar refractivity (Wildman–Crippen MR) is 88.8 cm³/mol. The van der Waals surface area contributed by atoms with Gasteiger partial charge in [0.1, 0.15) is 11.8 Å². The number of likely N-dealkylation sites (N-methyl/N-ethyl adjacent to an activating group) is 1. The van der Waals surface area contributed by atoms with Gasteiger partial charge in [0.05, 0.1) is 11.1 Å². The molecule has 0 fully saturated rings. The number of halogens is 1. The van der Waals surface area contributed by atoms with Gasteiger partial charge in [-0.05, 0) is 35.5 Å². The van der Waals surface area contributed by atoms with Gasteiger partial charge in [0.25, 0.3) is 0 Å². The predicted octanol–water partition coefficient (Wildman–Crippen LogP) is 4.01. The van der Waals surface area contributed by atoms with Gasteiger partial charge in [-0.2, -0.15) is 0 Å². The summed E-state index contributed by atoms with van der Waals surface area (Å²) in [6, 6.07) is 3.58. The summed E-state index contributed by atoms with van der Waals surface area (Å²) in [5.74, 6) is 0.775. The van der Waals surface area contributed by atoms with Crippen LogP contribution in [0.1, 0.15) is 50.6 Å². The summed E-state index contributed by atoms with van der Waals surface area (Å²) in [7, 11) is 1.79. The molecule has 1 aromatic rings. The number of carbonyl (C=O) groups excluding carboxylic acids is 1. The zero-order valence-electron chi connectivity index (χ0n) is 12.7. The van der Waals surface area contributed by atoms with Gasteiger partial charge in [0.2, 0.25) is 5.91 Å². The molecule has 4 nitrogen and oxygen atoms in total. The van der Waals surface area contributed by atoms with Crippen LogP contribution in [0.15, 0.2) is 16.6 Å². The normalized spacial score (nSPS) is 16.7. The molecule has 0 saturated carbocycles. The number of carbonyl (C=O) groups is 1. The van der Waals surface area contributed by atoms with Gasteiger partial charge in [-0.1, -0.05) is 32.6 Å². The zero-order valence-corrected chi connectivity index (χ0v) is 14.3. The van der Waals surface area contributed by atoms with Crippen LogP contribution >= 0.6 is 15.9 Å².